The highest BCUT2D eigenvalue weighted by atomic mass is 16.5. The number of esters is 1. The number of unbranched alkanes of at least 4 members (excludes halogenated alkanes) is 47. The molecule has 0 aliphatic carbocycles. The molecule has 6 heteroatoms. The number of hydrogen-bond acceptors (Lipinski definition) is 5. The van der Waals surface area contributed by atoms with Crippen LogP contribution in [0.5, 0.6) is 0 Å². The minimum Gasteiger partial charge on any atom is -0.466 e. The van der Waals surface area contributed by atoms with Gasteiger partial charge >= 0.3 is 5.97 Å². The highest BCUT2D eigenvalue weighted by Gasteiger charge is 2.18. The fraction of sp³-hybridized carbons (Fsp3) is 0.908. The number of carbonyl (C=O) groups excluding carboxylic acids is 2. The lowest BCUT2D eigenvalue weighted by Crippen LogP contribution is -2.45. The Morgan fingerprint density at radius 2 is 0.662 bits per heavy atom. The van der Waals surface area contributed by atoms with E-state index in [1.54, 1.807) is 6.08 Å². The van der Waals surface area contributed by atoms with E-state index in [1.807, 2.05) is 6.08 Å². The van der Waals surface area contributed by atoms with Crippen molar-refractivity contribution in [2.75, 3.05) is 13.2 Å². The summed E-state index contributed by atoms with van der Waals surface area (Å²) in [5.74, 6) is -0.0805. The van der Waals surface area contributed by atoms with Gasteiger partial charge in [0.15, 0.2) is 0 Å². The van der Waals surface area contributed by atoms with Crippen LogP contribution < -0.4 is 5.32 Å². The SMILES string of the molecule is CCCCCCCC/C=C\CCCCCCCC(=O)OCCCCCCCCCCCCCCCCCC(=O)NC(CO)C(O)/C=C/CCCCCCCCCCCCCCCCCCCCCCCC. The van der Waals surface area contributed by atoms with Crippen molar-refractivity contribution in [1.29, 1.82) is 0 Å². The summed E-state index contributed by atoms with van der Waals surface area (Å²) in [4.78, 5) is 24.6. The van der Waals surface area contributed by atoms with Gasteiger partial charge in [-0.15, -0.1) is 0 Å². The van der Waals surface area contributed by atoms with E-state index in [2.05, 4.69) is 31.3 Å². The monoisotopic (exact) mass is 1000 g/mol. The maximum Gasteiger partial charge on any atom is 0.305 e. The molecular formula is C65H125NO5. The zero-order valence-electron chi connectivity index (χ0n) is 48.0. The normalized spacial score (nSPS) is 12.7. The second kappa shape index (κ2) is 60.9. The first-order valence-corrected chi connectivity index (χ1v) is 32.1. The molecule has 0 aromatic heterocycles. The van der Waals surface area contributed by atoms with Crippen LogP contribution in [0.2, 0.25) is 0 Å². The summed E-state index contributed by atoms with van der Waals surface area (Å²) in [6.07, 6.45) is 75.0. The summed E-state index contributed by atoms with van der Waals surface area (Å²) in [6, 6.07) is -0.636. The molecule has 0 aliphatic heterocycles. The second-order valence-corrected chi connectivity index (χ2v) is 22.1. The average Bonchev–Trinajstić information content (AvgIpc) is 3.37. The predicted octanol–water partition coefficient (Wildman–Crippen LogP) is 20.2. The molecule has 0 saturated carbocycles. The predicted molar refractivity (Wildman–Crippen MR) is 310 cm³/mol. The number of allylic oxidation sites excluding steroid dienone is 3. The van der Waals surface area contributed by atoms with Crippen LogP contribution in [0.1, 0.15) is 354 Å². The van der Waals surface area contributed by atoms with Gasteiger partial charge in [-0.25, -0.2) is 0 Å². The summed E-state index contributed by atoms with van der Waals surface area (Å²) >= 11 is 0. The van der Waals surface area contributed by atoms with Crippen LogP contribution in [0, 0.1) is 0 Å². The van der Waals surface area contributed by atoms with Gasteiger partial charge in [0.1, 0.15) is 0 Å². The molecule has 0 heterocycles. The van der Waals surface area contributed by atoms with Crippen molar-refractivity contribution in [1.82, 2.24) is 5.32 Å². The van der Waals surface area contributed by atoms with Gasteiger partial charge in [-0.1, -0.05) is 308 Å². The van der Waals surface area contributed by atoms with Gasteiger partial charge in [0.25, 0.3) is 0 Å². The molecule has 0 bridgehead atoms. The minimum atomic E-state index is -0.852. The molecule has 420 valence electrons. The highest BCUT2D eigenvalue weighted by Crippen LogP contribution is 2.18. The van der Waals surface area contributed by atoms with Crippen LogP contribution in [0.3, 0.4) is 0 Å². The van der Waals surface area contributed by atoms with E-state index in [1.165, 1.54) is 276 Å². The first-order chi connectivity index (χ1) is 35.0. The molecule has 0 aromatic rings. The van der Waals surface area contributed by atoms with Crippen molar-refractivity contribution in [3.63, 3.8) is 0 Å². The first kappa shape index (κ1) is 69.3. The van der Waals surface area contributed by atoms with Crippen LogP contribution in [0.15, 0.2) is 24.3 Å². The summed E-state index contributed by atoms with van der Waals surface area (Å²) in [7, 11) is 0. The molecule has 6 nitrogen and oxygen atoms in total. The zero-order valence-corrected chi connectivity index (χ0v) is 48.0. The molecule has 3 N–H and O–H groups in total. The van der Waals surface area contributed by atoms with E-state index in [4.69, 9.17) is 4.74 Å². The maximum absolute atomic E-state index is 12.5. The Kier molecular flexibility index (Phi) is 59.5. The van der Waals surface area contributed by atoms with Gasteiger partial charge in [0.05, 0.1) is 25.4 Å². The van der Waals surface area contributed by atoms with Crippen LogP contribution in [-0.2, 0) is 14.3 Å². The average molecular weight is 1000 g/mol. The molecule has 1 amide bonds. The lowest BCUT2D eigenvalue weighted by Gasteiger charge is -2.20. The molecule has 2 atom stereocenters. The lowest BCUT2D eigenvalue weighted by atomic mass is 10.0. The summed E-state index contributed by atoms with van der Waals surface area (Å²) < 4.78 is 5.48. The van der Waals surface area contributed by atoms with Crippen LogP contribution in [0.25, 0.3) is 0 Å². The van der Waals surface area contributed by atoms with Gasteiger partial charge in [-0.2, -0.15) is 0 Å². The third-order valence-corrected chi connectivity index (χ3v) is 15.0. The Morgan fingerprint density at radius 3 is 1.00 bits per heavy atom. The fourth-order valence-electron chi connectivity index (χ4n) is 10.0. The quantitative estimate of drug-likeness (QED) is 0.0320. The fourth-order valence-corrected chi connectivity index (χ4v) is 10.0. The van der Waals surface area contributed by atoms with Gasteiger partial charge in [-0.3, -0.25) is 9.59 Å². The molecule has 71 heavy (non-hydrogen) atoms. The third-order valence-electron chi connectivity index (χ3n) is 15.0. The molecule has 0 aromatic carbocycles. The number of aliphatic hydroxyl groups excluding tert-OH is 2. The summed E-state index contributed by atoms with van der Waals surface area (Å²) in [6.45, 7) is 4.91. The van der Waals surface area contributed by atoms with E-state index in [-0.39, 0.29) is 18.5 Å². The minimum absolute atomic E-state index is 0.00750. The molecule has 2 unspecified atom stereocenters. The number of ether oxygens (including phenoxy) is 1. The number of rotatable bonds is 60. The van der Waals surface area contributed by atoms with Crippen molar-refractivity contribution in [3.8, 4) is 0 Å². The Morgan fingerprint density at radius 1 is 0.380 bits per heavy atom. The lowest BCUT2D eigenvalue weighted by molar-refractivity contribution is -0.143. The Bertz CT molecular complexity index is 1110. The number of amides is 1. The number of aliphatic hydroxyl groups is 2. The third kappa shape index (κ3) is 57.5. The van der Waals surface area contributed by atoms with E-state index in [0.717, 1.165) is 51.4 Å². The molecule has 0 fully saturated rings. The number of carbonyl (C=O) groups is 2. The van der Waals surface area contributed by atoms with Crippen molar-refractivity contribution in [2.24, 2.45) is 0 Å². The van der Waals surface area contributed by atoms with E-state index in [9.17, 15) is 19.8 Å². The van der Waals surface area contributed by atoms with Gasteiger partial charge in [0.2, 0.25) is 5.91 Å². The maximum atomic E-state index is 12.5. The Balaban J connectivity index is 3.46. The molecule has 0 radical (unpaired) electrons. The van der Waals surface area contributed by atoms with Gasteiger partial charge in [0, 0.05) is 12.8 Å². The molecule has 0 rings (SSSR count). The van der Waals surface area contributed by atoms with Crippen molar-refractivity contribution >= 4 is 11.9 Å². The topological polar surface area (TPSA) is 95.9 Å². The van der Waals surface area contributed by atoms with Gasteiger partial charge < -0.3 is 20.3 Å². The molecule has 0 aliphatic rings. The smallest absolute Gasteiger partial charge is 0.305 e. The summed E-state index contributed by atoms with van der Waals surface area (Å²) in [5, 5.41) is 23.2. The van der Waals surface area contributed by atoms with Crippen molar-refractivity contribution in [3.05, 3.63) is 24.3 Å². The van der Waals surface area contributed by atoms with E-state index < -0.39 is 12.1 Å². The zero-order chi connectivity index (χ0) is 51.4. The van der Waals surface area contributed by atoms with Crippen molar-refractivity contribution in [2.45, 2.75) is 366 Å². The largest absolute Gasteiger partial charge is 0.466 e. The highest BCUT2D eigenvalue weighted by molar-refractivity contribution is 5.76. The van der Waals surface area contributed by atoms with E-state index >= 15 is 0 Å². The standard InChI is InChI=1S/C65H125NO5/c1-3-5-7-9-11-13-15-17-19-20-21-22-23-24-25-26-27-30-33-37-41-45-49-53-57-63(68)62(61-67)66-64(69)58-54-50-46-42-38-34-31-28-32-36-40-44-48-52-56-60-71-65(70)59-55-51-47-43-39-35-29-18-16-14-12-10-8-6-4-2/h18,29,53,57,62-63,67-68H,3-17,19-28,30-52,54-56,58-61H2,1-2H3,(H,66,69)/b29-18-,57-53+. The van der Waals surface area contributed by atoms with Crippen LogP contribution in [0.4, 0.5) is 0 Å². The molecular weight excluding hydrogens is 875 g/mol. The number of hydrogen-bond donors (Lipinski definition) is 3. The first-order valence-electron chi connectivity index (χ1n) is 32.1. The number of nitrogens with one attached hydrogen (secondary N) is 1. The van der Waals surface area contributed by atoms with Crippen molar-refractivity contribution < 1.29 is 24.5 Å². The summed E-state index contributed by atoms with van der Waals surface area (Å²) in [5.41, 5.74) is 0. The van der Waals surface area contributed by atoms with E-state index in [0.29, 0.717) is 19.4 Å². The van der Waals surface area contributed by atoms with Gasteiger partial charge in [-0.05, 0) is 57.8 Å². The van der Waals surface area contributed by atoms with Crippen LogP contribution in [-0.4, -0.2) is 47.4 Å². The second-order valence-electron chi connectivity index (χ2n) is 22.1. The van der Waals surface area contributed by atoms with Crippen LogP contribution >= 0.6 is 0 Å². The Labute approximate surface area is 443 Å². The Hall–Kier alpha value is -1.66. The molecule has 0 saturated heterocycles. The molecule has 0 spiro atoms.